The molecule has 2 aromatic heterocycles. The monoisotopic (exact) mass is 340 g/mol. The molecule has 124 valence electrons. The Morgan fingerprint density at radius 1 is 1.08 bits per heavy atom. The zero-order chi connectivity index (χ0) is 16.5. The zero-order valence-corrected chi connectivity index (χ0v) is 14.7. The van der Waals surface area contributed by atoms with Gasteiger partial charge >= 0.3 is 0 Å². The number of aromatic nitrogens is 2. The third-order valence-corrected chi connectivity index (χ3v) is 5.59. The van der Waals surface area contributed by atoms with Crippen LogP contribution in [0.4, 0.5) is 11.5 Å². The second-order valence-electron chi connectivity index (χ2n) is 5.97. The lowest BCUT2D eigenvalue weighted by Crippen LogP contribution is -2.46. The van der Waals surface area contributed by atoms with Gasteiger partial charge in [-0.3, -0.25) is 0 Å². The number of piperazine rings is 1. The fourth-order valence-corrected chi connectivity index (χ4v) is 4.18. The molecular formula is C18H20N4OS. The highest BCUT2D eigenvalue weighted by molar-refractivity contribution is 7.18. The molecule has 1 aromatic carbocycles. The number of hydrogen-bond acceptors (Lipinski definition) is 6. The molecule has 0 N–H and O–H groups in total. The van der Waals surface area contributed by atoms with E-state index in [1.165, 1.54) is 16.0 Å². The van der Waals surface area contributed by atoms with Gasteiger partial charge < -0.3 is 14.5 Å². The van der Waals surface area contributed by atoms with E-state index in [1.54, 1.807) is 24.8 Å². The predicted octanol–water partition coefficient (Wildman–Crippen LogP) is 3.33. The van der Waals surface area contributed by atoms with E-state index >= 15 is 0 Å². The van der Waals surface area contributed by atoms with E-state index in [9.17, 15) is 0 Å². The molecule has 1 aliphatic heterocycles. The van der Waals surface area contributed by atoms with Gasteiger partial charge in [-0.2, -0.15) is 0 Å². The minimum absolute atomic E-state index is 0.904. The second-order valence-corrected chi connectivity index (χ2v) is 6.85. The highest BCUT2D eigenvalue weighted by atomic mass is 32.1. The highest BCUT2D eigenvalue weighted by Crippen LogP contribution is 2.32. The van der Waals surface area contributed by atoms with Crippen LogP contribution in [0.2, 0.25) is 0 Å². The van der Waals surface area contributed by atoms with Gasteiger partial charge in [0.1, 0.15) is 17.9 Å². The highest BCUT2D eigenvalue weighted by Gasteiger charge is 2.21. The summed E-state index contributed by atoms with van der Waals surface area (Å²) in [5.74, 6) is 1.98. The van der Waals surface area contributed by atoms with Crippen molar-refractivity contribution in [2.45, 2.75) is 6.92 Å². The largest absolute Gasteiger partial charge is 0.497 e. The second kappa shape index (κ2) is 6.28. The van der Waals surface area contributed by atoms with E-state index in [4.69, 9.17) is 4.74 Å². The number of methoxy groups -OCH3 is 1. The van der Waals surface area contributed by atoms with Gasteiger partial charge in [-0.15, -0.1) is 11.3 Å². The van der Waals surface area contributed by atoms with Crippen LogP contribution in [0.1, 0.15) is 5.56 Å². The minimum Gasteiger partial charge on any atom is -0.497 e. The van der Waals surface area contributed by atoms with Gasteiger partial charge in [0, 0.05) is 37.9 Å². The van der Waals surface area contributed by atoms with Crippen LogP contribution >= 0.6 is 11.3 Å². The molecule has 0 amide bonds. The summed E-state index contributed by atoms with van der Waals surface area (Å²) in [6, 6.07) is 8.27. The number of hydrogen-bond donors (Lipinski definition) is 0. The van der Waals surface area contributed by atoms with Gasteiger partial charge in [0.25, 0.3) is 0 Å². The van der Waals surface area contributed by atoms with E-state index in [0.717, 1.165) is 43.3 Å². The summed E-state index contributed by atoms with van der Waals surface area (Å²) in [5, 5.41) is 2.16. The lowest BCUT2D eigenvalue weighted by atomic mass is 10.2. The number of rotatable bonds is 3. The summed E-state index contributed by atoms with van der Waals surface area (Å²) in [4.78, 5) is 13.8. The minimum atomic E-state index is 0.904. The van der Waals surface area contributed by atoms with Crippen molar-refractivity contribution in [3.8, 4) is 5.75 Å². The number of aryl methyl sites for hydroxylation is 1. The van der Waals surface area contributed by atoms with Crippen LogP contribution in [0.3, 0.4) is 0 Å². The van der Waals surface area contributed by atoms with Gasteiger partial charge in [0.15, 0.2) is 0 Å². The van der Waals surface area contributed by atoms with Crippen LogP contribution in [0, 0.1) is 6.92 Å². The first-order valence-electron chi connectivity index (χ1n) is 8.09. The molecule has 4 rings (SSSR count). The molecule has 0 atom stereocenters. The van der Waals surface area contributed by atoms with Crippen LogP contribution in [-0.2, 0) is 0 Å². The molecule has 0 bridgehead atoms. The average Bonchev–Trinajstić information content (AvgIpc) is 3.03. The predicted molar refractivity (Wildman–Crippen MR) is 99.6 cm³/mol. The van der Waals surface area contributed by atoms with Crippen LogP contribution in [0.15, 0.2) is 36.0 Å². The van der Waals surface area contributed by atoms with E-state index in [2.05, 4.69) is 44.2 Å². The molecule has 3 aromatic rings. The maximum absolute atomic E-state index is 5.33. The third-order valence-electron chi connectivity index (χ3n) is 4.51. The number of ether oxygens (including phenoxy) is 1. The molecule has 1 fully saturated rings. The average molecular weight is 340 g/mol. The SMILES string of the molecule is COc1cccc(N2CCN(c3ncnc4c(C)csc34)CC2)c1. The first-order chi connectivity index (χ1) is 11.8. The van der Waals surface area contributed by atoms with Crippen molar-refractivity contribution in [2.75, 3.05) is 43.1 Å². The summed E-state index contributed by atoms with van der Waals surface area (Å²) in [7, 11) is 1.71. The molecule has 0 unspecified atom stereocenters. The van der Waals surface area contributed by atoms with Crippen molar-refractivity contribution >= 4 is 33.1 Å². The van der Waals surface area contributed by atoms with Crippen molar-refractivity contribution in [1.29, 1.82) is 0 Å². The zero-order valence-electron chi connectivity index (χ0n) is 13.9. The van der Waals surface area contributed by atoms with Gasteiger partial charge in [-0.05, 0) is 30.0 Å². The van der Waals surface area contributed by atoms with Gasteiger partial charge in [-0.25, -0.2) is 9.97 Å². The molecule has 0 saturated carbocycles. The molecule has 1 aliphatic rings. The Balaban J connectivity index is 1.53. The molecule has 3 heterocycles. The fraction of sp³-hybridized carbons (Fsp3) is 0.333. The van der Waals surface area contributed by atoms with Crippen LogP contribution in [0.5, 0.6) is 5.75 Å². The molecular weight excluding hydrogens is 320 g/mol. The number of thiophene rings is 1. The Morgan fingerprint density at radius 3 is 2.67 bits per heavy atom. The molecule has 0 radical (unpaired) electrons. The van der Waals surface area contributed by atoms with Gasteiger partial charge in [0.2, 0.25) is 0 Å². The summed E-state index contributed by atoms with van der Waals surface area (Å²) in [6.07, 6.45) is 1.69. The number of anilines is 2. The van der Waals surface area contributed by atoms with Crippen molar-refractivity contribution in [3.05, 3.63) is 41.5 Å². The van der Waals surface area contributed by atoms with Gasteiger partial charge in [-0.1, -0.05) is 6.07 Å². The lowest BCUT2D eigenvalue weighted by Gasteiger charge is -2.36. The Kier molecular flexibility index (Phi) is 3.98. The number of benzene rings is 1. The van der Waals surface area contributed by atoms with Crippen LogP contribution < -0.4 is 14.5 Å². The maximum atomic E-state index is 5.33. The smallest absolute Gasteiger partial charge is 0.150 e. The summed E-state index contributed by atoms with van der Waals surface area (Å²) in [5.41, 5.74) is 3.53. The molecule has 1 saturated heterocycles. The standard InChI is InChI=1S/C18H20N4OS/c1-13-11-24-17-16(13)19-12-20-18(17)22-8-6-21(7-9-22)14-4-3-5-15(10-14)23-2/h3-5,10-12H,6-9H2,1-2H3. The van der Waals surface area contributed by atoms with E-state index in [0.29, 0.717) is 0 Å². The lowest BCUT2D eigenvalue weighted by molar-refractivity contribution is 0.414. The topological polar surface area (TPSA) is 41.5 Å². The Morgan fingerprint density at radius 2 is 1.88 bits per heavy atom. The van der Waals surface area contributed by atoms with E-state index in [1.807, 2.05) is 12.1 Å². The normalized spacial score (nSPS) is 15.1. The molecule has 0 spiro atoms. The first kappa shape index (κ1) is 15.2. The third kappa shape index (κ3) is 2.67. The Bertz CT molecular complexity index is 855. The Hall–Kier alpha value is -2.34. The molecule has 6 heteroatoms. The van der Waals surface area contributed by atoms with Crippen molar-refractivity contribution in [1.82, 2.24) is 9.97 Å². The fourth-order valence-electron chi connectivity index (χ4n) is 3.17. The number of fused-ring (bicyclic) bond motifs is 1. The van der Waals surface area contributed by atoms with Gasteiger partial charge in [0.05, 0.1) is 17.3 Å². The maximum Gasteiger partial charge on any atom is 0.150 e. The van der Waals surface area contributed by atoms with E-state index < -0.39 is 0 Å². The van der Waals surface area contributed by atoms with Crippen molar-refractivity contribution < 1.29 is 4.74 Å². The quantitative estimate of drug-likeness (QED) is 0.731. The van der Waals surface area contributed by atoms with Crippen molar-refractivity contribution in [2.24, 2.45) is 0 Å². The molecule has 0 aliphatic carbocycles. The summed E-state index contributed by atoms with van der Waals surface area (Å²) >= 11 is 1.74. The first-order valence-corrected chi connectivity index (χ1v) is 8.97. The summed E-state index contributed by atoms with van der Waals surface area (Å²) < 4.78 is 6.53. The molecule has 5 nitrogen and oxygen atoms in total. The van der Waals surface area contributed by atoms with E-state index in [-0.39, 0.29) is 0 Å². The number of nitrogens with zero attached hydrogens (tertiary/aromatic N) is 4. The molecule has 24 heavy (non-hydrogen) atoms. The Labute approximate surface area is 145 Å². The summed E-state index contributed by atoms with van der Waals surface area (Å²) in [6.45, 7) is 5.98. The van der Waals surface area contributed by atoms with Crippen molar-refractivity contribution in [3.63, 3.8) is 0 Å². The van der Waals surface area contributed by atoms with Crippen LogP contribution in [0.25, 0.3) is 10.2 Å². The van der Waals surface area contributed by atoms with Crippen LogP contribution in [-0.4, -0.2) is 43.3 Å².